The number of ether oxygens (including phenoxy) is 1. The van der Waals surface area contributed by atoms with Gasteiger partial charge >= 0.3 is 0 Å². The fourth-order valence-corrected chi connectivity index (χ4v) is 4.37. The van der Waals surface area contributed by atoms with Crippen molar-refractivity contribution in [2.75, 3.05) is 31.1 Å². The molecule has 0 aromatic heterocycles. The summed E-state index contributed by atoms with van der Waals surface area (Å²) in [5.74, 6) is -0.503. The fraction of sp³-hybridized carbons (Fsp3) is 0.391. The zero-order valence-corrected chi connectivity index (χ0v) is 16.8. The van der Waals surface area contributed by atoms with Crippen molar-refractivity contribution in [3.63, 3.8) is 0 Å². The van der Waals surface area contributed by atoms with Crippen LogP contribution in [0.25, 0.3) is 0 Å². The number of halogens is 1. The molecule has 1 spiro atoms. The molecule has 1 atom stereocenters. The van der Waals surface area contributed by atoms with E-state index in [9.17, 15) is 14.0 Å². The van der Waals surface area contributed by atoms with Crippen LogP contribution in [0.2, 0.25) is 0 Å². The Morgan fingerprint density at radius 3 is 2.45 bits per heavy atom. The van der Waals surface area contributed by atoms with Gasteiger partial charge in [0, 0.05) is 17.8 Å². The SMILES string of the molecule is Cc1cc(C)cc(C(=O)N2CCCC3(C2)CN(c2ccc(F)cc2)C(=O)CO3)c1. The molecular formula is C23H25FN2O3. The molecule has 2 aromatic carbocycles. The Labute approximate surface area is 170 Å². The number of piperidine rings is 1. The van der Waals surface area contributed by atoms with Crippen molar-refractivity contribution in [2.45, 2.75) is 32.3 Å². The van der Waals surface area contributed by atoms with Gasteiger partial charge in [0.2, 0.25) is 0 Å². The molecule has 2 aromatic rings. The van der Waals surface area contributed by atoms with Gasteiger partial charge in [-0.3, -0.25) is 9.59 Å². The summed E-state index contributed by atoms with van der Waals surface area (Å²) in [6.45, 7) is 5.39. The summed E-state index contributed by atoms with van der Waals surface area (Å²) in [7, 11) is 0. The first-order chi connectivity index (χ1) is 13.8. The van der Waals surface area contributed by atoms with Crippen molar-refractivity contribution in [1.29, 1.82) is 0 Å². The van der Waals surface area contributed by atoms with Gasteiger partial charge in [0.15, 0.2) is 0 Å². The van der Waals surface area contributed by atoms with Gasteiger partial charge in [-0.25, -0.2) is 4.39 Å². The molecule has 4 rings (SSSR count). The first-order valence-electron chi connectivity index (χ1n) is 9.93. The average Bonchev–Trinajstić information content (AvgIpc) is 2.70. The molecule has 2 aliphatic heterocycles. The van der Waals surface area contributed by atoms with Gasteiger partial charge in [-0.1, -0.05) is 17.2 Å². The van der Waals surface area contributed by atoms with Crippen LogP contribution in [0.4, 0.5) is 10.1 Å². The monoisotopic (exact) mass is 396 g/mol. The molecule has 0 aliphatic carbocycles. The van der Waals surface area contributed by atoms with Crippen LogP contribution in [0.3, 0.4) is 0 Å². The smallest absolute Gasteiger partial charge is 0.253 e. The maximum absolute atomic E-state index is 13.3. The van der Waals surface area contributed by atoms with Gasteiger partial charge in [-0.05, 0) is 63.1 Å². The number of amides is 2. The molecule has 0 saturated carbocycles. The van der Waals surface area contributed by atoms with Crippen LogP contribution in [0.15, 0.2) is 42.5 Å². The first kappa shape index (κ1) is 19.6. The number of benzene rings is 2. The van der Waals surface area contributed by atoms with Crippen LogP contribution in [-0.2, 0) is 9.53 Å². The van der Waals surface area contributed by atoms with Gasteiger partial charge < -0.3 is 14.5 Å². The van der Waals surface area contributed by atoms with Crippen LogP contribution < -0.4 is 4.90 Å². The Balaban J connectivity index is 1.55. The van der Waals surface area contributed by atoms with Crippen LogP contribution >= 0.6 is 0 Å². The maximum atomic E-state index is 13.3. The van der Waals surface area contributed by atoms with Gasteiger partial charge in [-0.2, -0.15) is 0 Å². The quantitative estimate of drug-likeness (QED) is 0.781. The number of likely N-dealkylation sites (tertiary alicyclic amines) is 1. The molecule has 2 heterocycles. The lowest BCUT2D eigenvalue weighted by Gasteiger charge is -2.47. The van der Waals surface area contributed by atoms with Crippen molar-refractivity contribution in [1.82, 2.24) is 4.90 Å². The van der Waals surface area contributed by atoms with Gasteiger partial charge in [0.1, 0.15) is 18.0 Å². The maximum Gasteiger partial charge on any atom is 0.253 e. The molecular weight excluding hydrogens is 371 g/mol. The standard InChI is InChI=1S/C23H25FN2O3/c1-16-10-17(2)12-18(11-16)22(28)25-9-3-8-23(14-25)15-26(21(27)13-29-23)20-6-4-19(24)5-7-20/h4-7,10-12H,3,8-9,13-15H2,1-2H3. The molecule has 29 heavy (non-hydrogen) atoms. The van der Waals surface area contributed by atoms with Crippen molar-refractivity contribution in [3.8, 4) is 0 Å². The van der Waals surface area contributed by atoms with E-state index in [1.54, 1.807) is 17.0 Å². The summed E-state index contributed by atoms with van der Waals surface area (Å²) in [6.07, 6.45) is 1.58. The van der Waals surface area contributed by atoms with Crippen molar-refractivity contribution in [2.24, 2.45) is 0 Å². The van der Waals surface area contributed by atoms with Crippen molar-refractivity contribution in [3.05, 3.63) is 65.0 Å². The van der Waals surface area contributed by atoms with E-state index in [-0.39, 0.29) is 24.2 Å². The highest BCUT2D eigenvalue weighted by Gasteiger charge is 2.44. The number of carbonyl (C=O) groups is 2. The van der Waals surface area contributed by atoms with E-state index in [2.05, 4.69) is 0 Å². The highest BCUT2D eigenvalue weighted by atomic mass is 19.1. The third-order valence-electron chi connectivity index (χ3n) is 5.68. The van der Waals surface area contributed by atoms with Crippen molar-refractivity contribution >= 4 is 17.5 Å². The van der Waals surface area contributed by atoms with E-state index in [1.165, 1.54) is 12.1 Å². The molecule has 0 radical (unpaired) electrons. The molecule has 2 saturated heterocycles. The number of hydrogen-bond acceptors (Lipinski definition) is 3. The molecule has 2 amide bonds. The van der Waals surface area contributed by atoms with Gasteiger partial charge in [0.25, 0.3) is 11.8 Å². The Hall–Kier alpha value is -2.73. The molecule has 0 bridgehead atoms. The summed E-state index contributed by atoms with van der Waals surface area (Å²) in [5.41, 5.74) is 2.84. The van der Waals surface area contributed by atoms with Crippen molar-refractivity contribution < 1.29 is 18.7 Å². The number of carbonyl (C=O) groups excluding carboxylic acids is 2. The van der Waals surface area contributed by atoms with Crippen LogP contribution in [0, 0.1) is 19.7 Å². The summed E-state index contributed by atoms with van der Waals surface area (Å²) < 4.78 is 19.3. The summed E-state index contributed by atoms with van der Waals surface area (Å²) >= 11 is 0. The topological polar surface area (TPSA) is 49.9 Å². The Morgan fingerprint density at radius 2 is 1.76 bits per heavy atom. The minimum absolute atomic E-state index is 0.00953. The van der Waals surface area contributed by atoms with E-state index in [1.807, 2.05) is 36.9 Å². The Bertz CT molecular complexity index is 923. The number of hydrogen-bond donors (Lipinski definition) is 0. The Kier molecular flexibility index (Phi) is 5.13. The first-order valence-corrected chi connectivity index (χ1v) is 9.93. The third-order valence-corrected chi connectivity index (χ3v) is 5.68. The second-order valence-electron chi connectivity index (χ2n) is 8.13. The molecule has 5 nitrogen and oxygen atoms in total. The van der Waals surface area contributed by atoms with E-state index >= 15 is 0 Å². The lowest BCUT2D eigenvalue weighted by molar-refractivity contribution is -0.144. The summed E-state index contributed by atoms with van der Waals surface area (Å²) in [4.78, 5) is 29.1. The molecule has 2 fully saturated rings. The average molecular weight is 396 g/mol. The predicted molar refractivity (Wildman–Crippen MR) is 108 cm³/mol. The van der Waals surface area contributed by atoms with Gasteiger partial charge in [0.05, 0.1) is 13.1 Å². The Morgan fingerprint density at radius 1 is 1.07 bits per heavy atom. The molecule has 152 valence electrons. The zero-order chi connectivity index (χ0) is 20.6. The summed E-state index contributed by atoms with van der Waals surface area (Å²) in [5, 5.41) is 0. The van der Waals surface area contributed by atoms with E-state index in [0.29, 0.717) is 30.9 Å². The minimum Gasteiger partial charge on any atom is -0.361 e. The molecule has 6 heteroatoms. The van der Waals surface area contributed by atoms with Crippen LogP contribution in [0.1, 0.15) is 34.3 Å². The number of nitrogens with zero attached hydrogens (tertiary/aromatic N) is 2. The van der Waals surface area contributed by atoms with Crippen LogP contribution in [0.5, 0.6) is 0 Å². The predicted octanol–water partition coefficient (Wildman–Crippen LogP) is 3.48. The lowest BCUT2D eigenvalue weighted by atomic mass is 9.89. The van der Waals surface area contributed by atoms with E-state index in [4.69, 9.17) is 4.74 Å². The second-order valence-corrected chi connectivity index (χ2v) is 8.13. The lowest BCUT2D eigenvalue weighted by Crippen LogP contribution is -2.62. The zero-order valence-electron chi connectivity index (χ0n) is 16.8. The number of rotatable bonds is 2. The second kappa shape index (κ2) is 7.59. The highest BCUT2D eigenvalue weighted by molar-refractivity contribution is 5.96. The number of aryl methyl sites for hydroxylation is 2. The molecule has 2 aliphatic rings. The van der Waals surface area contributed by atoms with E-state index in [0.717, 1.165) is 24.0 Å². The number of morpholine rings is 1. The fourth-order valence-electron chi connectivity index (χ4n) is 4.37. The molecule has 0 N–H and O–H groups in total. The highest BCUT2D eigenvalue weighted by Crippen LogP contribution is 2.32. The number of anilines is 1. The van der Waals surface area contributed by atoms with Crippen LogP contribution in [-0.4, -0.2) is 48.6 Å². The van der Waals surface area contributed by atoms with E-state index < -0.39 is 5.60 Å². The van der Waals surface area contributed by atoms with Gasteiger partial charge in [-0.15, -0.1) is 0 Å². The largest absolute Gasteiger partial charge is 0.361 e. The third kappa shape index (κ3) is 4.03. The summed E-state index contributed by atoms with van der Waals surface area (Å²) in [6, 6.07) is 11.8. The minimum atomic E-state index is -0.602. The normalized spacial score (nSPS) is 22.2. The molecule has 1 unspecified atom stereocenters.